The lowest BCUT2D eigenvalue weighted by molar-refractivity contribution is 0.658. The zero-order valence-corrected chi connectivity index (χ0v) is 12.8. The molecule has 0 spiro atoms. The predicted octanol–water partition coefficient (Wildman–Crippen LogP) is 2.58. The molecule has 20 heavy (non-hydrogen) atoms. The highest BCUT2D eigenvalue weighted by Gasteiger charge is 2.22. The summed E-state index contributed by atoms with van der Waals surface area (Å²) in [5, 5.41) is 8.57. The second kappa shape index (κ2) is 4.63. The van der Waals surface area contributed by atoms with E-state index >= 15 is 0 Å². The average molecular weight is 293 g/mol. The summed E-state index contributed by atoms with van der Waals surface area (Å²) in [4.78, 5) is 4.68. The largest absolute Gasteiger partial charge is 0.276 e. The molecule has 0 fully saturated rings. The third kappa shape index (κ3) is 1.83. The van der Waals surface area contributed by atoms with Crippen molar-refractivity contribution in [2.24, 2.45) is 7.05 Å². The minimum atomic E-state index is -0.188. The molecule has 0 aliphatic heterocycles. The minimum absolute atomic E-state index is 0.188. The Hall–Kier alpha value is -1.82. The van der Waals surface area contributed by atoms with Crippen molar-refractivity contribution >= 4 is 22.8 Å². The Morgan fingerprint density at radius 2 is 2.15 bits per heavy atom. The van der Waals surface area contributed by atoms with Gasteiger partial charge in [-0.25, -0.2) is 9.67 Å². The molecule has 6 nitrogen and oxygen atoms in total. The van der Waals surface area contributed by atoms with Crippen LogP contribution in [0, 0.1) is 6.92 Å². The highest BCUT2D eigenvalue weighted by atomic mass is 35.5. The lowest BCUT2D eigenvalue weighted by atomic mass is 10.4. The second-order valence-corrected chi connectivity index (χ2v) is 5.52. The Kier molecular flexibility index (Phi) is 3.05. The first kappa shape index (κ1) is 13.2. The van der Waals surface area contributed by atoms with Crippen LogP contribution >= 0.6 is 11.6 Å². The first-order valence-electron chi connectivity index (χ1n) is 6.61. The summed E-state index contributed by atoms with van der Waals surface area (Å²) in [5.41, 5.74) is 3.74. The highest BCUT2D eigenvalue weighted by Crippen LogP contribution is 2.29. The fourth-order valence-corrected chi connectivity index (χ4v) is 2.60. The van der Waals surface area contributed by atoms with Crippen LogP contribution in [-0.2, 0) is 13.6 Å². The molecular weight excluding hydrogens is 276 g/mol. The van der Waals surface area contributed by atoms with Crippen LogP contribution in [0.5, 0.6) is 0 Å². The molecule has 7 heteroatoms. The van der Waals surface area contributed by atoms with E-state index in [4.69, 9.17) is 11.6 Å². The number of halogens is 1. The van der Waals surface area contributed by atoms with Crippen LogP contribution in [0.15, 0.2) is 12.4 Å². The van der Waals surface area contributed by atoms with Gasteiger partial charge in [0.05, 0.1) is 23.0 Å². The fourth-order valence-electron chi connectivity index (χ4n) is 2.45. The van der Waals surface area contributed by atoms with Gasteiger partial charge in [0.1, 0.15) is 11.3 Å². The number of aromatic nitrogens is 6. The van der Waals surface area contributed by atoms with Gasteiger partial charge in [-0.3, -0.25) is 9.25 Å². The molecule has 0 bridgehead atoms. The maximum Gasteiger partial charge on any atom is 0.163 e. The SMILES string of the molecule is CCn1nc(C)c2nc(C(C)Cl)n(-c3cnn(C)c3)c21. The Labute approximate surface area is 122 Å². The van der Waals surface area contributed by atoms with Gasteiger partial charge in [-0.2, -0.15) is 10.2 Å². The first-order valence-corrected chi connectivity index (χ1v) is 7.05. The highest BCUT2D eigenvalue weighted by molar-refractivity contribution is 6.20. The molecule has 0 saturated carbocycles. The number of rotatable bonds is 3. The van der Waals surface area contributed by atoms with Gasteiger partial charge in [0, 0.05) is 19.8 Å². The normalized spacial score (nSPS) is 13.2. The monoisotopic (exact) mass is 292 g/mol. The van der Waals surface area contributed by atoms with Gasteiger partial charge in [0.25, 0.3) is 0 Å². The van der Waals surface area contributed by atoms with Crippen LogP contribution in [-0.4, -0.2) is 29.1 Å². The Bertz CT molecular complexity index is 763. The predicted molar refractivity (Wildman–Crippen MR) is 78.3 cm³/mol. The Balaban J connectivity index is 2.39. The van der Waals surface area contributed by atoms with Crippen molar-refractivity contribution in [1.82, 2.24) is 29.1 Å². The third-order valence-electron chi connectivity index (χ3n) is 3.34. The molecule has 0 N–H and O–H groups in total. The van der Waals surface area contributed by atoms with Gasteiger partial charge in [-0.15, -0.1) is 11.6 Å². The van der Waals surface area contributed by atoms with E-state index in [2.05, 4.69) is 22.1 Å². The number of aryl methyl sites for hydroxylation is 3. The van der Waals surface area contributed by atoms with E-state index in [9.17, 15) is 0 Å². The Morgan fingerprint density at radius 3 is 2.70 bits per heavy atom. The quantitative estimate of drug-likeness (QED) is 0.697. The van der Waals surface area contributed by atoms with Crippen LogP contribution in [0.4, 0.5) is 0 Å². The van der Waals surface area contributed by atoms with Crippen LogP contribution in [0.1, 0.15) is 30.7 Å². The number of alkyl halides is 1. The van der Waals surface area contributed by atoms with Crippen LogP contribution in [0.25, 0.3) is 16.9 Å². The van der Waals surface area contributed by atoms with Gasteiger partial charge in [-0.05, 0) is 20.8 Å². The molecule has 3 heterocycles. The van der Waals surface area contributed by atoms with E-state index in [0.717, 1.165) is 34.9 Å². The second-order valence-electron chi connectivity index (χ2n) is 4.87. The summed E-state index contributed by atoms with van der Waals surface area (Å²) in [6, 6.07) is 0. The van der Waals surface area contributed by atoms with E-state index in [1.165, 1.54) is 0 Å². The average Bonchev–Trinajstić information content (AvgIpc) is 3.04. The van der Waals surface area contributed by atoms with Gasteiger partial charge >= 0.3 is 0 Å². The number of nitrogens with zero attached hydrogens (tertiary/aromatic N) is 6. The summed E-state index contributed by atoms with van der Waals surface area (Å²) in [7, 11) is 1.89. The molecule has 0 aromatic carbocycles. The number of hydrogen-bond acceptors (Lipinski definition) is 3. The number of hydrogen-bond donors (Lipinski definition) is 0. The standard InChI is InChI=1S/C13H17ClN6/c1-5-19-13-11(9(3)17-19)16-12(8(2)14)20(13)10-6-15-18(4)7-10/h6-8H,5H2,1-4H3. The van der Waals surface area contributed by atoms with Gasteiger partial charge in [0.15, 0.2) is 5.65 Å². The third-order valence-corrected chi connectivity index (χ3v) is 3.54. The molecule has 1 unspecified atom stereocenters. The first-order chi connectivity index (χ1) is 9.52. The zero-order valence-electron chi connectivity index (χ0n) is 12.0. The maximum atomic E-state index is 6.30. The maximum absolute atomic E-state index is 6.30. The topological polar surface area (TPSA) is 53.5 Å². The molecule has 0 radical (unpaired) electrons. The lowest BCUT2D eigenvalue weighted by Gasteiger charge is -2.09. The summed E-state index contributed by atoms with van der Waals surface area (Å²) >= 11 is 6.30. The molecule has 3 rings (SSSR count). The van der Waals surface area contributed by atoms with Crippen LogP contribution < -0.4 is 0 Å². The van der Waals surface area contributed by atoms with E-state index in [1.807, 2.05) is 42.5 Å². The zero-order chi connectivity index (χ0) is 14.4. The molecule has 0 saturated heterocycles. The van der Waals surface area contributed by atoms with Crippen molar-refractivity contribution in [2.75, 3.05) is 0 Å². The smallest absolute Gasteiger partial charge is 0.163 e. The van der Waals surface area contributed by atoms with Gasteiger partial charge in [0.2, 0.25) is 0 Å². The van der Waals surface area contributed by atoms with Gasteiger partial charge in [-0.1, -0.05) is 0 Å². The van der Waals surface area contributed by atoms with Crippen molar-refractivity contribution < 1.29 is 0 Å². The summed E-state index contributed by atoms with van der Waals surface area (Å²) < 4.78 is 5.76. The summed E-state index contributed by atoms with van der Waals surface area (Å²) in [6.07, 6.45) is 3.76. The molecule has 3 aromatic rings. The summed E-state index contributed by atoms with van der Waals surface area (Å²) in [6.45, 7) is 6.75. The van der Waals surface area contributed by atoms with Crippen molar-refractivity contribution in [2.45, 2.75) is 32.7 Å². The van der Waals surface area contributed by atoms with E-state index in [0.29, 0.717) is 0 Å². The Morgan fingerprint density at radius 1 is 1.40 bits per heavy atom. The number of fused-ring (bicyclic) bond motifs is 1. The molecular formula is C13H17ClN6. The summed E-state index contributed by atoms with van der Waals surface area (Å²) in [5.74, 6) is 0.817. The van der Waals surface area contributed by atoms with Crippen molar-refractivity contribution in [1.29, 1.82) is 0 Å². The lowest BCUT2D eigenvalue weighted by Crippen LogP contribution is -2.07. The number of imidazole rings is 1. The van der Waals surface area contributed by atoms with E-state index < -0.39 is 0 Å². The minimum Gasteiger partial charge on any atom is -0.276 e. The van der Waals surface area contributed by atoms with Crippen molar-refractivity contribution in [3.63, 3.8) is 0 Å². The molecule has 1 atom stereocenters. The molecule has 0 amide bonds. The molecule has 0 aliphatic carbocycles. The van der Waals surface area contributed by atoms with Gasteiger partial charge < -0.3 is 0 Å². The molecule has 3 aromatic heterocycles. The van der Waals surface area contributed by atoms with E-state index in [-0.39, 0.29) is 5.38 Å². The molecule has 0 aliphatic rings. The van der Waals surface area contributed by atoms with E-state index in [1.54, 1.807) is 4.68 Å². The molecule has 106 valence electrons. The van der Waals surface area contributed by atoms with Crippen molar-refractivity contribution in [3.8, 4) is 5.69 Å². The van der Waals surface area contributed by atoms with Crippen LogP contribution in [0.2, 0.25) is 0 Å². The van der Waals surface area contributed by atoms with Crippen LogP contribution in [0.3, 0.4) is 0 Å². The fraction of sp³-hybridized carbons (Fsp3) is 0.462. The van der Waals surface area contributed by atoms with Crippen molar-refractivity contribution in [3.05, 3.63) is 23.9 Å².